The second kappa shape index (κ2) is 12.5. The van der Waals surface area contributed by atoms with Gasteiger partial charge in [-0.2, -0.15) is 0 Å². The third-order valence-corrected chi connectivity index (χ3v) is 7.30. The number of anilines is 2. The van der Waals surface area contributed by atoms with Crippen molar-refractivity contribution in [1.82, 2.24) is 0 Å². The van der Waals surface area contributed by atoms with Gasteiger partial charge in [-0.15, -0.1) is 0 Å². The van der Waals surface area contributed by atoms with Gasteiger partial charge in [0.2, 0.25) is 0 Å². The summed E-state index contributed by atoms with van der Waals surface area (Å²) in [5.74, 6) is -2.26. The Hall–Kier alpha value is -3.88. The Bertz CT molecular complexity index is 1670. The Balaban J connectivity index is 1.52. The van der Waals surface area contributed by atoms with Gasteiger partial charge in [0.25, 0.3) is 11.8 Å². The molecule has 4 aromatic carbocycles. The van der Waals surface area contributed by atoms with Crippen LogP contribution in [0, 0.1) is 0 Å². The molecular weight excluding hydrogens is 598 g/mol. The number of nitrogens with one attached hydrogen (secondary N) is 2. The average molecular weight is 616 g/mol. The fourth-order valence-electron chi connectivity index (χ4n) is 3.82. The molecule has 7 nitrogen and oxygen atoms in total. The van der Waals surface area contributed by atoms with E-state index in [0.29, 0.717) is 28.1 Å². The number of carboxylic acids is 1. The fourth-order valence-corrected chi connectivity index (χ4v) is 4.42. The highest BCUT2D eigenvalue weighted by Gasteiger charge is 2.17. The van der Waals surface area contributed by atoms with Crippen LogP contribution in [0.1, 0.15) is 52.6 Å². The Morgan fingerprint density at radius 3 is 1.65 bits per heavy atom. The smallest absolute Gasteiger partial charge is 0.337 e. The van der Waals surface area contributed by atoms with Crippen molar-refractivity contribution in [1.29, 1.82) is 0 Å². The predicted octanol–water partition coefficient (Wildman–Crippen LogP) is 7.91. The van der Waals surface area contributed by atoms with Gasteiger partial charge in [-0.25, -0.2) is 4.79 Å². The SMILES string of the molecule is O=Cc1cc(Cc2ccc(NC(=O)c3ccc(Cl)c(Cl)c3)c(C(=O)O)c2)ccc1NC(=O)c1ccc(Cl)c(Cl)c1. The number of aromatic carboxylic acids is 1. The van der Waals surface area contributed by atoms with Gasteiger partial charge in [-0.05, 0) is 78.2 Å². The summed E-state index contributed by atoms with van der Waals surface area (Å²) in [4.78, 5) is 49.0. The van der Waals surface area contributed by atoms with Crippen LogP contribution in [0.3, 0.4) is 0 Å². The first-order valence-corrected chi connectivity index (χ1v) is 13.0. The first-order valence-electron chi connectivity index (χ1n) is 11.5. The number of benzene rings is 4. The molecule has 0 aliphatic heterocycles. The minimum atomic E-state index is -1.24. The largest absolute Gasteiger partial charge is 0.478 e. The van der Waals surface area contributed by atoms with Crippen molar-refractivity contribution in [3.63, 3.8) is 0 Å². The molecule has 0 unspecified atom stereocenters. The van der Waals surface area contributed by atoms with Gasteiger partial charge < -0.3 is 15.7 Å². The van der Waals surface area contributed by atoms with Gasteiger partial charge in [0.05, 0.1) is 37.0 Å². The molecule has 0 fully saturated rings. The number of hydrogen-bond acceptors (Lipinski definition) is 4. The maximum atomic E-state index is 12.6. The molecule has 40 heavy (non-hydrogen) atoms. The van der Waals surface area contributed by atoms with E-state index in [2.05, 4.69) is 10.6 Å². The number of rotatable bonds is 8. The molecular formula is C29H18Cl4N2O5. The van der Waals surface area contributed by atoms with E-state index in [1.54, 1.807) is 24.3 Å². The Morgan fingerprint density at radius 1 is 0.650 bits per heavy atom. The molecule has 0 atom stereocenters. The van der Waals surface area contributed by atoms with E-state index < -0.39 is 17.8 Å². The second-order valence-electron chi connectivity index (χ2n) is 8.57. The number of halogens is 4. The monoisotopic (exact) mass is 614 g/mol. The lowest BCUT2D eigenvalue weighted by atomic mass is 9.99. The van der Waals surface area contributed by atoms with Crippen LogP contribution in [0.5, 0.6) is 0 Å². The normalized spacial score (nSPS) is 10.6. The highest BCUT2D eigenvalue weighted by atomic mass is 35.5. The maximum absolute atomic E-state index is 12.6. The van der Waals surface area contributed by atoms with Crippen LogP contribution in [0.25, 0.3) is 0 Å². The number of aldehydes is 1. The predicted molar refractivity (Wildman–Crippen MR) is 157 cm³/mol. The Morgan fingerprint density at radius 2 is 1.15 bits per heavy atom. The standard InChI is InChI=1S/C29H18Cl4N2O5/c30-21-5-3-17(12-23(21)32)27(37)34-25-7-1-15(10-19(25)14-36)9-16-2-8-26(20(11-16)29(39)40)35-28(38)18-4-6-22(31)24(33)13-18/h1-8,10-14H,9H2,(H,34,37)(H,35,38)(H,39,40). The van der Waals surface area contributed by atoms with Crippen molar-refractivity contribution in [2.24, 2.45) is 0 Å². The molecule has 0 spiro atoms. The molecule has 11 heteroatoms. The van der Waals surface area contributed by atoms with E-state index in [1.807, 2.05) is 0 Å². The lowest BCUT2D eigenvalue weighted by Crippen LogP contribution is -2.15. The fraction of sp³-hybridized carbons (Fsp3) is 0.0345. The van der Waals surface area contributed by atoms with E-state index in [-0.39, 0.29) is 49.4 Å². The average Bonchev–Trinajstić information content (AvgIpc) is 2.93. The summed E-state index contributed by atoms with van der Waals surface area (Å²) in [6.45, 7) is 0. The highest BCUT2D eigenvalue weighted by Crippen LogP contribution is 2.27. The maximum Gasteiger partial charge on any atom is 0.337 e. The summed E-state index contributed by atoms with van der Waals surface area (Å²) in [7, 11) is 0. The minimum absolute atomic E-state index is 0.0984. The molecule has 202 valence electrons. The quantitative estimate of drug-likeness (QED) is 0.174. The Kier molecular flexibility index (Phi) is 9.12. The molecule has 0 aliphatic carbocycles. The molecule has 0 saturated carbocycles. The first kappa shape index (κ1) is 29.1. The molecule has 0 radical (unpaired) electrons. The van der Waals surface area contributed by atoms with Crippen LogP contribution >= 0.6 is 46.4 Å². The molecule has 0 saturated heterocycles. The first-order chi connectivity index (χ1) is 19.0. The van der Waals surface area contributed by atoms with E-state index >= 15 is 0 Å². The summed E-state index contributed by atoms with van der Waals surface area (Å²) >= 11 is 23.8. The molecule has 4 aromatic rings. The van der Waals surface area contributed by atoms with Crippen LogP contribution < -0.4 is 10.6 Å². The molecule has 2 amide bonds. The zero-order valence-electron chi connectivity index (χ0n) is 20.3. The van der Waals surface area contributed by atoms with E-state index in [1.165, 1.54) is 48.5 Å². The van der Waals surface area contributed by atoms with Gasteiger partial charge in [-0.3, -0.25) is 14.4 Å². The Labute approximate surface area is 248 Å². The van der Waals surface area contributed by atoms with Crippen molar-refractivity contribution in [2.45, 2.75) is 6.42 Å². The zero-order valence-corrected chi connectivity index (χ0v) is 23.3. The van der Waals surface area contributed by atoms with Crippen molar-refractivity contribution in [3.8, 4) is 0 Å². The van der Waals surface area contributed by atoms with Crippen molar-refractivity contribution in [3.05, 3.63) is 126 Å². The molecule has 0 bridgehead atoms. The highest BCUT2D eigenvalue weighted by molar-refractivity contribution is 6.42. The second-order valence-corrected chi connectivity index (χ2v) is 10.2. The van der Waals surface area contributed by atoms with Crippen LogP contribution in [0.4, 0.5) is 11.4 Å². The summed E-state index contributed by atoms with van der Waals surface area (Å²) < 4.78 is 0. The summed E-state index contributed by atoms with van der Waals surface area (Å²) in [5, 5.41) is 16.0. The van der Waals surface area contributed by atoms with Gasteiger partial charge in [0, 0.05) is 16.7 Å². The molecule has 4 rings (SSSR count). The van der Waals surface area contributed by atoms with E-state index in [9.17, 15) is 24.3 Å². The van der Waals surface area contributed by atoms with E-state index in [4.69, 9.17) is 46.4 Å². The van der Waals surface area contributed by atoms with Gasteiger partial charge in [-0.1, -0.05) is 58.5 Å². The number of carbonyl (C=O) groups is 4. The van der Waals surface area contributed by atoms with Crippen LogP contribution in [-0.2, 0) is 6.42 Å². The molecule has 0 aliphatic rings. The van der Waals surface area contributed by atoms with Gasteiger partial charge in [0.15, 0.2) is 6.29 Å². The van der Waals surface area contributed by atoms with Gasteiger partial charge >= 0.3 is 5.97 Å². The lowest BCUT2D eigenvalue weighted by Gasteiger charge is -2.13. The third kappa shape index (κ3) is 6.81. The molecule has 3 N–H and O–H groups in total. The summed E-state index contributed by atoms with van der Waals surface area (Å²) in [6.07, 6.45) is 0.890. The third-order valence-electron chi connectivity index (χ3n) is 5.83. The van der Waals surface area contributed by atoms with Crippen LogP contribution in [-0.4, -0.2) is 29.2 Å². The van der Waals surface area contributed by atoms with Crippen molar-refractivity contribution in [2.75, 3.05) is 10.6 Å². The van der Waals surface area contributed by atoms with Crippen molar-refractivity contribution < 1.29 is 24.3 Å². The molecule has 0 heterocycles. The van der Waals surface area contributed by atoms with Crippen molar-refractivity contribution >= 4 is 81.8 Å². The number of amides is 2. The van der Waals surface area contributed by atoms with Gasteiger partial charge in [0.1, 0.15) is 0 Å². The lowest BCUT2D eigenvalue weighted by molar-refractivity contribution is 0.0697. The zero-order chi connectivity index (χ0) is 29.0. The number of carboxylic acid groups (broad SMARTS) is 1. The van der Waals surface area contributed by atoms with Crippen LogP contribution in [0.15, 0.2) is 72.8 Å². The number of carbonyl (C=O) groups excluding carboxylic acids is 3. The summed E-state index contributed by atoms with van der Waals surface area (Å²) in [6, 6.07) is 18.2. The topological polar surface area (TPSA) is 113 Å². The van der Waals surface area contributed by atoms with Crippen LogP contribution in [0.2, 0.25) is 20.1 Å². The number of hydrogen-bond donors (Lipinski definition) is 3. The van der Waals surface area contributed by atoms with E-state index in [0.717, 1.165) is 0 Å². The summed E-state index contributed by atoms with van der Waals surface area (Å²) in [5.41, 5.74) is 2.29. The molecule has 0 aromatic heterocycles. The minimum Gasteiger partial charge on any atom is -0.478 e.